The van der Waals surface area contributed by atoms with Crippen LogP contribution in [0.4, 0.5) is 19.0 Å². The van der Waals surface area contributed by atoms with Gasteiger partial charge in [-0.2, -0.15) is 5.10 Å². The summed E-state index contributed by atoms with van der Waals surface area (Å²) in [7, 11) is 1.90. The van der Waals surface area contributed by atoms with Gasteiger partial charge in [-0.1, -0.05) is 12.5 Å². The van der Waals surface area contributed by atoms with Crippen molar-refractivity contribution < 1.29 is 22.7 Å². The molecule has 12 heteroatoms. The number of nitrogens with two attached hydrogens (primary N) is 1. The van der Waals surface area contributed by atoms with Crippen LogP contribution in [0.5, 0.6) is 0 Å². The van der Waals surface area contributed by atoms with E-state index in [-0.39, 0.29) is 18.8 Å². The summed E-state index contributed by atoms with van der Waals surface area (Å²) in [5.41, 5.74) is 9.65. The normalized spacial score (nSPS) is 17.8. The van der Waals surface area contributed by atoms with Gasteiger partial charge in [-0.15, -0.1) is 13.2 Å². The average molecular weight is 509 g/mol. The Morgan fingerprint density at radius 3 is 2.84 bits per heavy atom. The van der Waals surface area contributed by atoms with Crippen LogP contribution < -0.4 is 5.73 Å². The fourth-order valence-corrected chi connectivity index (χ4v) is 4.63. The molecule has 0 aliphatic carbocycles. The molecule has 4 aromatic rings. The molecule has 4 heterocycles. The lowest BCUT2D eigenvalue weighted by atomic mass is 10.1. The van der Waals surface area contributed by atoms with E-state index < -0.39 is 31.0 Å². The Balaban J connectivity index is 1.51. The highest BCUT2D eigenvalue weighted by Crippen LogP contribution is 2.33. The Morgan fingerprint density at radius 2 is 2.08 bits per heavy atom. The van der Waals surface area contributed by atoms with E-state index in [1.165, 1.54) is 11.1 Å². The number of hydrogen-bond donors (Lipinski definition) is 1. The molecular formula is C25H22F3N7O2. The summed E-state index contributed by atoms with van der Waals surface area (Å²) >= 11 is 0. The lowest BCUT2D eigenvalue weighted by Crippen LogP contribution is -2.38. The number of aryl methyl sites for hydroxylation is 1. The minimum atomic E-state index is -4.81. The number of aromatic nitrogens is 5. The van der Waals surface area contributed by atoms with Crippen LogP contribution in [-0.2, 0) is 16.6 Å². The van der Waals surface area contributed by atoms with E-state index in [0.29, 0.717) is 16.6 Å². The summed E-state index contributed by atoms with van der Waals surface area (Å²) in [5, 5.41) is 5.19. The molecule has 1 aromatic carbocycles. The molecule has 0 radical (unpaired) electrons. The van der Waals surface area contributed by atoms with E-state index >= 15 is 0 Å². The molecule has 0 saturated carbocycles. The number of hydrogen-bond acceptors (Lipinski definition) is 6. The van der Waals surface area contributed by atoms with Crippen LogP contribution in [-0.4, -0.2) is 60.7 Å². The van der Waals surface area contributed by atoms with Gasteiger partial charge in [0.25, 0.3) is 0 Å². The van der Waals surface area contributed by atoms with Gasteiger partial charge in [0.05, 0.1) is 47.0 Å². The van der Waals surface area contributed by atoms with E-state index in [1.54, 1.807) is 17.1 Å². The van der Waals surface area contributed by atoms with Gasteiger partial charge in [0.1, 0.15) is 11.5 Å². The monoisotopic (exact) mass is 509 g/mol. The number of nitrogens with zero attached hydrogens (tertiary/aromatic N) is 6. The summed E-state index contributed by atoms with van der Waals surface area (Å²) in [5.74, 6) is 5.88. The molecule has 3 aromatic heterocycles. The second-order valence-corrected chi connectivity index (χ2v) is 8.69. The molecule has 0 spiro atoms. The largest absolute Gasteiger partial charge is 0.522 e. The van der Waals surface area contributed by atoms with E-state index in [9.17, 15) is 18.0 Å². The first-order valence-corrected chi connectivity index (χ1v) is 11.3. The maximum atomic E-state index is 12.7. The van der Waals surface area contributed by atoms with Gasteiger partial charge >= 0.3 is 6.36 Å². The molecular weight excluding hydrogens is 487 g/mol. The molecule has 9 nitrogen and oxygen atoms in total. The number of carbonyl (C=O) groups is 1. The number of carbonyl (C=O) groups excluding carboxylic acids is 1. The molecule has 0 bridgehead atoms. The van der Waals surface area contributed by atoms with Gasteiger partial charge < -0.3 is 15.2 Å². The number of imidazole rings is 1. The third-order valence-corrected chi connectivity index (χ3v) is 6.34. The predicted molar refractivity (Wildman–Crippen MR) is 130 cm³/mol. The minimum absolute atomic E-state index is 0.124. The fraction of sp³-hybridized carbons (Fsp3) is 0.280. The van der Waals surface area contributed by atoms with Crippen molar-refractivity contribution >= 4 is 33.7 Å². The molecule has 2 atom stereocenters. The summed E-state index contributed by atoms with van der Waals surface area (Å²) < 4.78 is 45.7. The van der Waals surface area contributed by atoms with E-state index in [1.807, 2.05) is 29.8 Å². The number of likely N-dealkylation sites (tertiary alicyclic amines) is 1. The Hall–Kier alpha value is -4.37. The summed E-state index contributed by atoms with van der Waals surface area (Å²) in [6.07, 6.45) is -0.299. The number of pyridine rings is 1. The van der Waals surface area contributed by atoms with Crippen LogP contribution in [0, 0.1) is 11.8 Å². The third kappa shape index (κ3) is 4.73. The van der Waals surface area contributed by atoms with E-state index in [4.69, 9.17) is 5.73 Å². The Kier molecular flexibility index (Phi) is 6.08. The van der Waals surface area contributed by atoms with Gasteiger partial charge in [-0.3, -0.25) is 14.2 Å². The van der Waals surface area contributed by atoms with E-state index in [2.05, 4.69) is 38.2 Å². The summed E-state index contributed by atoms with van der Waals surface area (Å²) in [6, 6.07) is 6.13. The maximum absolute atomic E-state index is 12.7. The highest BCUT2D eigenvalue weighted by atomic mass is 19.4. The lowest BCUT2D eigenvalue weighted by molar-refractivity contribution is -0.327. The number of rotatable bonds is 4. The van der Waals surface area contributed by atoms with Crippen molar-refractivity contribution in [2.45, 2.75) is 24.9 Å². The highest BCUT2D eigenvalue weighted by Gasteiger charge is 2.39. The molecule has 190 valence electrons. The summed E-state index contributed by atoms with van der Waals surface area (Å²) in [6.45, 7) is 2.89. The van der Waals surface area contributed by atoms with Crippen LogP contribution in [0.1, 0.15) is 23.7 Å². The van der Waals surface area contributed by atoms with Crippen LogP contribution in [0.15, 0.2) is 49.4 Å². The van der Waals surface area contributed by atoms with Crippen molar-refractivity contribution in [1.29, 1.82) is 0 Å². The Morgan fingerprint density at radius 1 is 1.27 bits per heavy atom. The number of anilines is 1. The van der Waals surface area contributed by atoms with Crippen molar-refractivity contribution in [1.82, 2.24) is 29.2 Å². The molecule has 5 rings (SSSR count). The van der Waals surface area contributed by atoms with Crippen LogP contribution in [0.2, 0.25) is 0 Å². The average Bonchev–Trinajstić information content (AvgIpc) is 3.56. The van der Waals surface area contributed by atoms with E-state index in [0.717, 1.165) is 22.7 Å². The summed E-state index contributed by atoms with van der Waals surface area (Å²) in [4.78, 5) is 22.2. The zero-order valence-electron chi connectivity index (χ0n) is 19.7. The highest BCUT2D eigenvalue weighted by molar-refractivity contribution is 5.93. The molecule has 1 aliphatic rings. The van der Waals surface area contributed by atoms with Crippen molar-refractivity contribution in [2.75, 3.05) is 18.9 Å². The number of halogens is 3. The van der Waals surface area contributed by atoms with Gasteiger partial charge in [0, 0.05) is 25.4 Å². The maximum Gasteiger partial charge on any atom is 0.522 e. The first kappa shape index (κ1) is 24.3. The van der Waals surface area contributed by atoms with Crippen LogP contribution >= 0.6 is 0 Å². The number of amides is 1. The third-order valence-electron chi connectivity index (χ3n) is 6.34. The fourth-order valence-electron chi connectivity index (χ4n) is 4.63. The SMILES string of the molecule is C=CC(=O)N1C[C@@H](n2nc(C#Cc3ccc4c(c3)ncn4C)c3c(N)nccc32)C[C@@H]1COC(F)(F)F. The number of alkyl halides is 3. The first-order valence-electron chi connectivity index (χ1n) is 11.3. The number of fused-ring (bicyclic) bond motifs is 2. The Labute approximate surface area is 209 Å². The van der Waals surface area contributed by atoms with Gasteiger partial charge in [0.15, 0.2) is 0 Å². The van der Waals surface area contributed by atoms with Crippen molar-refractivity contribution in [3.05, 3.63) is 60.7 Å². The molecule has 37 heavy (non-hydrogen) atoms. The predicted octanol–water partition coefficient (Wildman–Crippen LogP) is 3.16. The zero-order chi connectivity index (χ0) is 26.3. The number of benzene rings is 1. The van der Waals surface area contributed by atoms with Crippen LogP contribution in [0.3, 0.4) is 0 Å². The standard InChI is InChI=1S/C25H22F3N7O2/c1-3-22(36)34-12-16(11-17(34)13-37-25(26,27)28)35-21-8-9-30-24(29)23(21)18(32-35)6-4-15-5-7-20-19(10-15)31-14-33(20)2/h3,5,7-10,14,16-17H,1,11-13H2,2H3,(H2,29,30)/t16-,17+/m0/s1. The zero-order valence-corrected chi connectivity index (χ0v) is 19.7. The first-order chi connectivity index (χ1) is 17.6. The minimum Gasteiger partial charge on any atom is -0.383 e. The molecule has 1 amide bonds. The molecule has 2 N–H and O–H groups in total. The topological polar surface area (TPSA) is 104 Å². The second-order valence-electron chi connectivity index (χ2n) is 8.69. The second kappa shape index (κ2) is 9.25. The number of nitrogen functional groups attached to an aromatic ring is 1. The van der Waals surface area contributed by atoms with Gasteiger partial charge in [-0.05, 0) is 42.7 Å². The number of ether oxygens (including phenoxy) is 1. The van der Waals surface area contributed by atoms with Crippen molar-refractivity contribution in [2.24, 2.45) is 7.05 Å². The molecule has 0 unspecified atom stereocenters. The molecule has 1 saturated heterocycles. The van der Waals surface area contributed by atoms with Crippen molar-refractivity contribution in [3.63, 3.8) is 0 Å². The Bertz CT molecular complexity index is 1580. The smallest absolute Gasteiger partial charge is 0.383 e. The van der Waals surface area contributed by atoms with Gasteiger partial charge in [-0.25, -0.2) is 9.97 Å². The van der Waals surface area contributed by atoms with Crippen LogP contribution in [0.25, 0.3) is 21.9 Å². The molecule has 1 fully saturated rings. The van der Waals surface area contributed by atoms with Crippen molar-refractivity contribution in [3.8, 4) is 11.8 Å². The van der Waals surface area contributed by atoms with Gasteiger partial charge in [0.2, 0.25) is 5.91 Å². The lowest BCUT2D eigenvalue weighted by Gasteiger charge is -2.23. The quantitative estimate of drug-likeness (QED) is 0.335. The molecule has 1 aliphatic heterocycles.